The van der Waals surface area contributed by atoms with Crippen molar-refractivity contribution in [3.8, 4) is 28.4 Å². The normalized spacial score (nSPS) is 13.3. The fourth-order valence-corrected chi connectivity index (χ4v) is 4.49. The zero-order chi connectivity index (χ0) is 26.6. The predicted molar refractivity (Wildman–Crippen MR) is 143 cm³/mol. The molecule has 3 aromatic carbocycles. The molecule has 0 spiro atoms. The standard InChI is InChI=1S/C28H27N5O5/c1-37-24-12-10-21(11-13-24)30-14-16-31(17-15-30)28(34)27-19-26(20-4-3-5-25(18-20)38-2)29-32(27)22-6-8-23(9-7-22)33(35)36/h3-13,18-19H,14-17H2,1-2H3. The van der Waals surface area contributed by atoms with Crippen LogP contribution < -0.4 is 14.4 Å². The number of hydrogen-bond acceptors (Lipinski definition) is 7. The Labute approximate surface area is 219 Å². The Morgan fingerprint density at radius 2 is 1.50 bits per heavy atom. The lowest BCUT2D eigenvalue weighted by Gasteiger charge is -2.36. The fraction of sp³-hybridized carbons (Fsp3) is 0.214. The number of carbonyl (C=O) groups is 1. The van der Waals surface area contributed by atoms with Crippen molar-refractivity contribution in [3.63, 3.8) is 0 Å². The van der Waals surface area contributed by atoms with Crippen LogP contribution >= 0.6 is 0 Å². The van der Waals surface area contributed by atoms with Crippen LogP contribution in [0.15, 0.2) is 78.9 Å². The van der Waals surface area contributed by atoms with Gasteiger partial charge < -0.3 is 19.3 Å². The lowest BCUT2D eigenvalue weighted by molar-refractivity contribution is -0.384. The van der Waals surface area contributed by atoms with Gasteiger partial charge in [0, 0.05) is 49.6 Å². The fourth-order valence-electron chi connectivity index (χ4n) is 4.49. The number of benzene rings is 3. The molecular weight excluding hydrogens is 486 g/mol. The number of hydrogen-bond donors (Lipinski definition) is 0. The number of carbonyl (C=O) groups excluding carboxylic acids is 1. The average Bonchev–Trinajstić information content (AvgIpc) is 3.42. The van der Waals surface area contributed by atoms with Crippen molar-refractivity contribution in [1.29, 1.82) is 0 Å². The summed E-state index contributed by atoms with van der Waals surface area (Å²) in [7, 11) is 3.23. The van der Waals surface area contributed by atoms with Crippen molar-refractivity contribution in [2.75, 3.05) is 45.3 Å². The first kappa shape index (κ1) is 24.8. The minimum absolute atomic E-state index is 0.0311. The molecule has 0 aliphatic carbocycles. The molecule has 38 heavy (non-hydrogen) atoms. The van der Waals surface area contributed by atoms with Gasteiger partial charge in [0.1, 0.15) is 17.2 Å². The Bertz CT molecular complexity index is 1440. The zero-order valence-electron chi connectivity index (χ0n) is 21.1. The zero-order valence-corrected chi connectivity index (χ0v) is 21.1. The Morgan fingerprint density at radius 1 is 0.842 bits per heavy atom. The van der Waals surface area contributed by atoms with Gasteiger partial charge in [0.2, 0.25) is 0 Å². The highest BCUT2D eigenvalue weighted by molar-refractivity contribution is 5.94. The van der Waals surface area contributed by atoms with Gasteiger partial charge in [-0.3, -0.25) is 14.9 Å². The van der Waals surface area contributed by atoms with Crippen LogP contribution in [0.25, 0.3) is 16.9 Å². The van der Waals surface area contributed by atoms with E-state index in [-0.39, 0.29) is 11.6 Å². The number of ether oxygens (including phenoxy) is 2. The van der Waals surface area contributed by atoms with Gasteiger partial charge in [0.25, 0.3) is 11.6 Å². The van der Waals surface area contributed by atoms with Crippen LogP contribution in [0.1, 0.15) is 10.5 Å². The average molecular weight is 514 g/mol. The van der Waals surface area contributed by atoms with Crippen molar-refractivity contribution in [1.82, 2.24) is 14.7 Å². The number of nitro groups is 1. The van der Waals surface area contributed by atoms with Crippen LogP contribution in [0.3, 0.4) is 0 Å². The summed E-state index contributed by atoms with van der Waals surface area (Å²) in [4.78, 5) is 28.5. The number of nitro benzene ring substituents is 1. The maximum atomic E-state index is 13.8. The molecule has 0 radical (unpaired) electrons. The maximum absolute atomic E-state index is 13.8. The van der Waals surface area contributed by atoms with Crippen LogP contribution in [0.4, 0.5) is 11.4 Å². The SMILES string of the molecule is COc1ccc(N2CCN(C(=O)c3cc(-c4cccc(OC)c4)nn3-c3ccc([N+](=O)[O-])cc3)CC2)cc1. The van der Waals surface area contributed by atoms with E-state index in [0.717, 1.165) is 17.0 Å². The second-order valence-corrected chi connectivity index (χ2v) is 8.81. The van der Waals surface area contributed by atoms with Crippen molar-refractivity contribution in [2.45, 2.75) is 0 Å². The van der Waals surface area contributed by atoms with Crippen LogP contribution in [0.2, 0.25) is 0 Å². The summed E-state index contributed by atoms with van der Waals surface area (Å²) in [5, 5.41) is 15.9. The van der Waals surface area contributed by atoms with Crippen molar-refractivity contribution in [3.05, 3.63) is 94.7 Å². The number of amides is 1. The summed E-state index contributed by atoms with van der Waals surface area (Å²) in [6.07, 6.45) is 0. The lowest BCUT2D eigenvalue weighted by atomic mass is 10.1. The van der Waals surface area contributed by atoms with Crippen molar-refractivity contribution in [2.24, 2.45) is 0 Å². The number of rotatable bonds is 7. The van der Waals surface area contributed by atoms with Crippen molar-refractivity contribution < 1.29 is 19.2 Å². The summed E-state index contributed by atoms with van der Waals surface area (Å²) in [5.74, 6) is 1.32. The largest absolute Gasteiger partial charge is 0.497 e. The molecule has 0 atom stereocenters. The molecule has 0 unspecified atom stereocenters. The molecule has 5 rings (SSSR count). The number of aromatic nitrogens is 2. The number of anilines is 1. The van der Waals surface area contributed by atoms with Crippen molar-refractivity contribution >= 4 is 17.3 Å². The quantitative estimate of drug-likeness (QED) is 0.266. The van der Waals surface area contributed by atoms with Crippen LogP contribution in [-0.4, -0.2) is 65.9 Å². The van der Waals surface area contributed by atoms with Crippen LogP contribution in [-0.2, 0) is 0 Å². The number of non-ortho nitro benzene ring substituents is 1. The molecule has 4 aromatic rings. The molecule has 1 amide bonds. The Hall–Kier alpha value is -4.86. The Balaban J connectivity index is 1.43. The van der Waals surface area contributed by atoms with Gasteiger partial charge in [-0.25, -0.2) is 4.68 Å². The molecule has 1 fully saturated rings. The summed E-state index contributed by atoms with van der Waals surface area (Å²) < 4.78 is 12.1. The van der Waals surface area contributed by atoms with E-state index in [0.29, 0.717) is 49.0 Å². The van der Waals surface area contributed by atoms with E-state index in [2.05, 4.69) is 4.90 Å². The molecule has 1 saturated heterocycles. The van der Waals surface area contributed by atoms with Gasteiger partial charge >= 0.3 is 0 Å². The molecule has 194 valence electrons. The highest BCUT2D eigenvalue weighted by atomic mass is 16.6. The first-order chi connectivity index (χ1) is 18.5. The topological polar surface area (TPSA) is 103 Å². The molecule has 2 heterocycles. The first-order valence-electron chi connectivity index (χ1n) is 12.1. The number of piperazine rings is 1. The molecule has 1 aliphatic heterocycles. The Morgan fingerprint density at radius 3 is 2.13 bits per heavy atom. The molecule has 0 N–H and O–H groups in total. The summed E-state index contributed by atoms with van der Waals surface area (Å²) >= 11 is 0. The molecule has 1 aliphatic rings. The van der Waals surface area contributed by atoms with Crippen LogP contribution in [0, 0.1) is 10.1 Å². The summed E-state index contributed by atoms with van der Waals surface area (Å²) in [6.45, 7) is 2.47. The third kappa shape index (κ3) is 5.01. The van der Waals surface area contributed by atoms with E-state index in [9.17, 15) is 14.9 Å². The first-order valence-corrected chi connectivity index (χ1v) is 12.1. The van der Waals surface area contributed by atoms with Gasteiger partial charge in [-0.15, -0.1) is 0 Å². The minimum Gasteiger partial charge on any atom is -0.497 e. The molecule has 10 heteroatoms. The summed E-state index contributed by atoms with van der Waals surface area (Å²) in [5.41, 5.74) is 3.39. The number of nitrogens with zero attached hydrogens (tertiary/aromatic N) is 5. The molecule has 0 saturated carbocycles. The predicted octanol–water partition coefficient (Wildman–Crippen LogP) is 4.43. The van der Waals surface area contributed by atoms with E-state index in [1.165, 1.54) is 12.1 Å². The second kappa shape index (κ2) is 10.6. The van der Waals surface area contributed by atoms with Gasteiger partial charge in [-0.05, 0) is 54.6 Å². The third-order valence-electron chi connectivity index (χ3n) is 6.60. The maximum Gasteiger partial charge on any atom is 0.272 e. The third-order valence-corrected chi connectivity index (χ3v) is 6.60. The molecule has 0 bridgehead atoms. The second-order valence-electron chi connectivity index (χ2n) is 8.81. The molecule has 1 aromatic heterocycles. The summed E-state index contributed by atoms with van der Waals surface area (Å²) in [6, 6.07) is 23.1. The minimum atomic E-state index is -0.455. The van der Waals surface area contributed by atoms with Gasteiger partial charge in [0.15, 0.2) is 0 Å². The smallest absolute Gasteiger partial charge is 0.272 e. The number of methoxy groups -OCH3 is 2. The highest BCUT2D eigenvalue weighted by Gasteiger charge is 2.27. The van der Waals surface area contributed by atoms with Gasteiger partial charge in [0.05, 0.1) is 30.5 Å². The van der Waals surface area contributed by atoms with E-state index in [1.54, 1.807) is 37.1 Å². The monoisotopic (exact) mass is 513 g/mol. The van der Waals surface area contributed by atoms with E-state index >= 15 is 0 Å². The van der Waals surface area contributed by atoms with Crippen LogP contribution in [0.5, 0.6) is 11.5 Å². The molecule has 10 nitrogen and oxygen atoms in total. The highest BCUT2D eigenvalue weighted by Crippen LogP contribution is 2.27. The van der Waals surface area contributed by atoms with E-state index in [4.69, 9.17) is 14.6 Å². The van der Waals surface area contributed by atoms with Gasteiger partial charge in [-0.2, -0.15) is 5.10 Å². The van der Waals surface area contributed by atoms with E-state index in [1.807, 2.05) is 53.4 Å². The van der Waals surface area contributed by atoms with E-state index < -0.39 is 4.92 Å². The Kier molecular flexibility index (Phi) is 6.94. The molecular formula is C28H27N5O5. The van der Waals surface area contributed by atoms with Gasteiger partial charge in [-0.1, -0.05) is 12.1 Å². The lowest BCUT2D eigenvalue weighted by Crippen LogP contribution is -2.49.